The minimum absolute atomic E-state index is 0.0108. The van der Waals surface area contributed by atoms with Crippen LogP contribution in [0.4, 0.5) is 9.59 Å². The van der Waals surface area contributed by atoms with Gasteiger partial charge in [-0.15, -0.1) is 11.3 Å². The van der Waals surface area contributed by atoms with Crippen LogP contribution in [-0.2, 0) is 6.42 Å². The molecule has 5 rings (SSSR count). The molecular weight excluding hydrogens is 586 g/mol. The number of nitrogens with one attached hydrogen (secondary N) is 2. The summed E-state index contributed by atoms with van der Waals surface area (Å²) in [5.41, 5.74) is 3.36. The van der Waals surface area contributed by atoms with Gasteiger partial charge in [-0.1, -0.05) is 18.6 Å². The van der Waals surface area contributed by atoms with Crippen LogP contribution in [0, 0.1) is 0 Å². The van der Waals surface area contributed by atoms with Crippen LogP contribution in [0.25, 0.3) is 20.5 Å². The number of rotatable bonds is 11. The van der Waals surface area contributed by atoms with Crippen molar-refractivity contribution in [3.05, 3.63) is 77.9 Å². The topological polar surface area (TPSA) is 89.1 Å². The maximum Gasteiger partial charge on any atom is 0.412 e. The van der Waals surface area contributed by atoms with Crippen molar-refractivity contribution in [2.75, 3.05) is 26.2 Å². The maximum atomic E-state index is 12.3. The smallest absolute Gasteiger partial charge is 0.412 e. The molecule has 1 aliphatic heterocycles. The highest BCUT2D eigenvalue weighted by Crippen LogP contribution is 2.42. The van der Waals surface area contributed by atoms with Crippen molar-refractivity contribution in [1.82, 2.24) is 15.5 Å². The van der Waals surface area contributed by atoms with Crippen LogP contribution in [0.2, 0.25) is 0 Å². The highest BCUT2D eigenvalue weighted by Gasteiger charge is 2.17. The molecule has 0 bridgehead atoms. The van der Waals surface area contributed by atoms with Gasteiger partial charge in [-0.25, -0.2) is 9.59 Å². The lowest BCUT2D eigenvalue weighted by molar-refractivity contribution is 0.183. The number of thiophene rings is 1. The van der Waals surface area contributed by atoms with Gasteiger partial charge in [0, 0.05) is 28.2 Å². The van der Waals surface area contributed by atoms with Crippen molar-refractivity contribution in [2.45, 2.75) is 65.5 Å². The monoisotopic (exact) mass is 629 g/mol. The van der Waals surface area contributed by atoms with Crippen molar-refractivity contribution in [2.24, 2.45) is 0 Å². The van der Waals surface area contributed by atoms with Gasteiger partial charge in [0.2, 0.25) is 0 Å². The molecule has 0 spiro atoms. The number of hydrogen-bond donors (Lipinski definition) is 2. The van der Waals surface area contributed by atoms with Crippen LogP contribution in [-0.4, -0.2) is 55.4 Å². The molecule has 238 valence electrons. The number of carbonyl (C=O) groups excluding carboxylic acids is 2. The third-order valence-electron chi connectivity index (χ3n) is 7.54. The number of benzene rings is 3. The minimum Gasteiger partial charge on any atom is -0.492 e. The van der Waals surface area contributed by atoms with Gasteiger partial charge in [-0.3, -0.25) is 4.90 Å². The SMILES string of the molecule is CC(C)NC(=O)Oc1ccc(-c2sc3cc(OC(=O)NC(C)C)ccc3c2Cc2ccc(OCCN3CCCCC3)cc2)cc1. The Labute approximate surface area is 269 Å². The van der Waals surface area contributed by atoms with Crippen molar-refractivity contribution < 1.29 is 23.8 Å². The van der Waals surface area contributed by atoms with E-state index >= 15 is 0 Å². The summed E-state index contributed by atoms with van der Waals surface area (Å²) < 4.78 is 18.1. The van der Waals surface area contributed by atoms with Gasteiger partial charge in [0.1, 0.15) is 23.9 Å². The number of likely N-dealkylation sites (tertiary alicyclic amines) is 1. The van der Waals surface area contributed by atoms with Gasteiger partial charge >= 0.3 is 12.2 Å². The van der Waals surface area contributed by atoms with Gasteiger partial charge in [0.25, 0.3) is 0 Å². The Kier molecular flexibility index (Phi) is 11.0. The molecule has 3 aromatic carbocycles. The lowest BCUT2D eigenvalue weighted by atomic mass is 9.99. The number of hydrogen-bond acceptors (Lipinski definition) is 7. The number of nitrogens with zero attached hydrogens (tertiary/aromatic N) is 1. The van der Waals surface area contributed by atoms with Crippen LogP contribution in [0.3, 0.4) is 0 Å². The van der Waals surface area contributed by atoms with E-state index in [1.54, 1.807) is 11.3 Å². The fourth-order valence-corrected chi connectivity index (χ4v) is 6.66. The second-order valence-corrected chi connectivity index (χ2v) is 13.1. The van der Waals surface area contributed by atoms with Crippen molar-refractivity contribution >= 4 is 33.6 Å². The molecule has 0 atom stereocenters. The number of piperidine rings is 1. The predicted molar refractivity (Wildman–Crippen MR) is 181 cm³/mol. The summed E-state index contributed by atoms with van der Waals surface area (Å²) in [5.74, 6) is 1.85. The molecule has 0 saturated carbocycles. The fourth-order valence-electron chi connectivity index (χ4n) is 5.40. The van der Waals surface area contributed by atoms with Crippen LogP contribution < -0.4 is 24.8 Å². The molecule has 1 fully saturated rings. The van der Waals surface area contributed by atoms with E-state index in [4.69, 9.17) is 14.2 Å². The Hall–Kier alpha value is -4.08. The molecule has 0 radical (unpaired) electrons. The molecule has 2 N–H and O–H groups in total. The zero-order valence-electron chi connectivity index (χ0n) is 26.6. The van der Waals surface area contributed by atoms with E-state index in [0.717, 1.165) is 32.8 Å². The van der Waals surface area contributed by atoms with Crippen LogP contribution in [0.5, 0.6) is 17.2 Å². The molecule has 1 saturated heterocycles. The first kappa shape index (κ1) is 32.3. The lowest BCUT2D eigenvalue weighted by Crippen LogP contribution is -2.33. The summed E-state index contributed by atoms with van der Waals surface area (Å²) >= 11 is 1.65. The van der Waals surface area contributed by atoms with Gasteiger partial charge in [-0.2, -0.15) is 0 Å². The maximum absolute atomic E-state index is 12.3. The predicted octanol–water partition coefficient (Wildman–Crippen LogP) is 8.02. The van der Waals surface area contributed by atoms with Crippen molar-refractivity contribution in [3.63, 3.8) is 0 Å². The summed E-state index contributed by atoms with van der Waals surface area (Å²) in [7, 11) is 0. The van der Waals surface area contributed by atoms with E-state index < -0.39 is 12.2 Å². The Morgan fingerprint density at radius 3 is 2.02 bits per heavy atom. The molecule has 8 nitrogen and oxygen atoms in total. The quantitative estimate of drug-likeness (QED) is 0.175. The van der Waals surface area contributed by atoms with E-state index in [-0.39, 0.29) is 12.1 Å². The first-order valence-electron chi connectivity index (χ1n) is 15.8. The van der Waals surface area contributed by atoms with E-state index in [1.165, 1.54) is 43.5 Å². The zero-order chi connectivity index (χ0) is 31.8. The summed E-state index contributed by atoms with van der Waals surface area (Å²) in [6.07, 6.45) is 3.66. The summed E-state index contributed by atoms with van der Waals surface area (Å²) in [6, 6.07) is 21.7. The fraction of sp³-hybridized carbons (Fsp3) is 0.389. The number of fused-ring (bicyclic) bond motifs is 1. The number of amides is 2. The highest BCUT2D eigenvalue weighted by atomic mass is 32.1. The summed E-state index contributed by atoms with van der Waals surface area (Å²) in [4.78, 5) is 27.9. The van der Waals surface area contributed by atoms with Crippen LogP contribution >= 0.6 is 11.3 Å². The second kappa shape index (κ2) is 15.3. The normalized spacial score (nSPS) is 13.6. The lowest BCUT2D eigenvalue weighted by Gasteiger charge is -2.26. The molecule has 2 heterocycles. The highest BCUT2D eigenvalue weighted by molar-refractivity contribution is 7.22. The largest absolute Gasteiger partial charge is 0.492 e. The van der Waals surface area contributed by atoms with Gasteiger partial charge < -0.3 is 24.8 Å². The molecule has 45 heavy (non-hydrogen) atoms. The van der Waals surface area contributed by atoms with E-state index in [9.17, 15) is 9.59 Å². The number of ether oxygens (including phenoxy) is 3. The Morgan fingerprint density at radius 2 is 1.38 bits per heavy atom. The Morgan fingerprint density at radius 1 is 0.778 bits per heavy atom. The van der Waals surface area contributed by atoms with E-state index in [0.29, 0.717) is 24.5 Å². The second-order valence-electron chi connectivity index (χ2n) is 12.0. The summed E-state index contributed by atoms with van der Waals surface area (Å²) in [5, 5.41) is 6.61. The van der Waals surface area contributed by atoms with E-state index in [2.05, 4.69) is 27.7 Å². The van der Waals surface area contributed by atoms with Crippen molar-refractivity contribution in [1.29, 1.82) is 0 Å². The first-order chi connectivity index (χ1) is 21.7. The van der Waals surface area contributed by atoms with Crippen LogP contribution in [0.15, 0.2) is 66.7 Å². The Bertz CT molecular complexity index is 1580. The molecule has 0 unspecified atom stereocenters. The Balaban J connectivity index is 1.36. The molecule has 0 aliphatic carbocycles. The van der Waals surface area contributed by atoms with Gasteiger partial charge in [-0.05, 0) is 137 Å². The molecule has 4 aromatic rings. The minimum atomic E-state index is -0.478. The summed E-state index contributed by atoms with van der Waals surface area (Å²) in [6.45, 7) is 11.5. The molecule has 1 aliphatic rings. The average Bonchev–Trinajstić information content (AvgIpc) is 3.35. The van der Waals surface area contributed by atoms with Crippen LogP contribution in [0.1, 0.15) is 58.1 Å². The van der Waals surface area contributed by atoms with Gasteiger partial charge in [0.15, 0.2) is 0 Å². The average molecular weight is 630 g/mol. The van der Waals surface area contributed by atoms with Crippen molar-refractivity contribution in [3.8, 4) is 27.7 Å². The molecule has 2 amide bonds. The first-order valence-corrected chi connectivity index (χ1v) is 16.6. The van der Waals surface area contributed by atoms with Gasteiger partial charge in [0.05, 0.1) is 0 Å². The third-order valence-corrected chi connectivity index (χ3v) is 8.79. The third kappa shape index (κ3) is 9.22. The molecular formula is C36H43N3O5S. The van der Waals surface area contributed by atoms with E-state index in [1.807, 2.05) is 82.3 Å². The number of carbonyl (C=O) groups is 2. The zero-order valence-corrected chi connectivity index (χ0v) is 27.4. The standard InChI is InChI=1S/C36H43N3O5S/c1-24(2)37-35(40)43-29-14-10-27(11-15-29)34-32(31-17-16-30(23-33(31)45-34)44-36(41)38-25(3)4)22-26-8-12-28(13-9-26)42-21-20-39-18-6-5-7-19-39/h8-17,23-25H,5-7,18-22H2,1-4H3,(H,37,40)(H,38,41). The molecule has 9 heteroatoms. The molecule has 1 aromatic heterocycles.